The van der Waals surface area contributed by atoms with Gasteiger partial charge >= 0.3 is 0 Å². The van der Waals surface area contributed by atoms with Gasteiger partial charge in [-0.2, -0.15) is 0 Å². The third kappa shape index (κ3) is 3.52. The maximum atomic E-state index is 12.3. The topological polar surface area (TPSA) is 59.1 Å². The van der Waals surface area contributed by atoms with Crippen LogP contribution in [-0.2, 0) is 10.0 Å². The highest BCUT2D eigenvalue weighted by molar-refractivity contribution is 9.09. The van der Waals surface area contributed by atoms with Crippen LogP contribution in [-0.4, -0.2) is 24.8 Å². The molecule has 0 spiro atoms. The molecule has 6 heteroatoms. The molecule has 102 valence electrons. The lowest BCUT2D eigenvalue weighted by atomic mass is 10.2. The number of halogens is 1. The summed E-state index contributed by atoms with van der Waals surface area (Å²) in [6, 6.07) is 8.61. The van der Waals surface area contributed by atoms with Crippen molar-refractivity contribution in [3.63, 3.8) is 0 Å². The zero-order valence-electron chi connectivity index (χ0n) is 10.5. The van der Waals surface area contributed by atoms with E-state index in [1.54, 1.807) is 36.5 Å². The first-order valence-electron chi connectivity index (χ1n) is 5.98. The molecular weight excluding hydrogens is 328 g/mol. The van der Waals surface area contributed by atoms with E-state index in [2.05, 4.69) is 25.6 Å². The predicted octanol–water partition coefficient (Wildman–Crippen LogP) is 2.69. The van der Waals surface area contributed by atoms with E-state index in [9.17, 15) is 8.42 Å². The van der Waals surface area contributed by atoms with Crippen molar-refractivity contribution in [2.24, 2.45) is 0 Å². The first-order chi connectivity index (χ1) is 9.00. The van der Waals surface area contributed by atoms with Gasteiger partial charge in [-0.05, 0) is 30.7 Å². The molecular formula is C13H15BrN2O2S. The number of rotatable bonds is 5. The van der Waals surface area contributed by atoms with Crippen LogP contribution < -0.4 is 4.72 Å². The van der Waals surface area contributed by atoms with Crippen molar-refractivity contribution in [3.8, 4) is 0 Å². The van der Waals surface area contributed by atoms with Crippen LogP contribution in [0.2, 0.25) is 0 Å². The highest BCUT2D eigenvalue weighted by Gasteiger charge is 2.16. The second-order valence-electron chi connectivity index (χ2n) is 4.29. The number of alkyl halides is 1. The number of pyridine rings is 1. The highest BCUT2D eigenvalue weighted by Crippen LogP contribution is 2.20. The summed E-state index contributed by atoms with van der Waals surface area (Å²) in [5.41, 5.74) is 0.680. The van der Waals surface area contributed by atoms with Gasteiger partial charge in [-0.1, -0.05) is 28.9 Å². The molecule has 0 radical (unpaired) electrons. The van der Waals surface area contributed by atoms with Gasteiger partial charge in [0.2, 0.25) is 10.0 Å². The summed E-state index contributed by atoms with van der Waals surface area (Å²) in [5, 5.41) is 0.643. The Labute approximate surface area is 121 Å². The van der Waals surface area contributed by atoms with Crippen molar-refractivity contribution in [3.05, 3.63) is 36.5 Å². The fourth-order valence-corrected chi connectivity index (χ4v) is 3.27. The maximum absolute atomic E-state index is 12.3. The molecule has 0 fully saturated rings. The largest absolute Gasteiger partial charge is 0.256 e. The first-order valence-corrected chi connectivity index (χ1v) is 8.38. The molecule has 1 heterocycles. The summed E-state index contributed by atoms with van der Waals surface area (Å²) < 4.78 is 27.2. The molecule has 1 N–H and O–H groups in total. The highest BCUT2D eigenvalue weighted by atomic mass is 79.9. The van der Waals surface area contributed by atoms with E-state index in [-0.39, 0.29) is 9.72 Å². The Bertz CT molecular complexity index is 666. The third-order valence-electron chi connectivity index (χ3n) is 2.73. The summed E-state index contributed by atoms with van der Waals surface area (Å²) >= 11 is 3.39. The van der Waals surface area contributed by atoms with E-state index in [4.69, 9.17) is 0 Å². The molecule has 1 atom stereocenters. The zero-order valence-corrected chi connectivity index (χ0v) is 12.9. The van der Waals surface area contributed by atoms with Crippen LogP contribution in [0, 0.1) is 0 Å². The first kappa shape index (κ1) is 14.4. The molecule has 0 amide bonds. The van der Waals surface area contributed by atoms with Gasteiger partial charge in [-0.3, -0.25) is 4.98 Å². The van der Waals surface area contributed by atoms with Gasteiger partial charge in [0.1, 0.15) is 0 Å². The minimum absolute atomic E-state index is 0.278. The maximum Gasteiger partial charge on any atom is 0.241 e. The van der Waals surface area contributed by atoms with E-state index < -0.39 is 10.0 Å². The Morgan fingerprint density at radius 3 is 2.84 bits per heavy atom. The van der Waals surface area contributed by atoms with Crippen molar-refractivity contribution in [1.82, 2.24) is 9.71 Å². The second kappa shape index (κ2) is 5.98. The van der Waals surface area contributed by atoms with Crippen molar-refractivity contribution >= 4 is 36.9 Å². The van der Waals surface area contributed by atoms with Gasteiger partial charge in [0, 0.05) is 23.0 Å². The van der Waals surface area contributed by atoms with Crippen LogP contribution in [0.5, 0.6) is 0 Å². The predicted molar refractivity (Wildman–Crippen MR) is 79.9 cm³/mol. The number of aromatic nitrogens is 1. The van der Waals surface area contributed by atoms with Gasteiger partial charge in [0.25, 0.3) is 0 Å². The summed E-state index contributed by atoms with van der Waals surface area (Å²) in [6.07, 6.45) is 2.39. The average Bonchev–Trinajstić information content (AvgIpc) is 2.37. The number of hydrogen-bond donors (Lipinski definition) is 1. The van der Waals surface area contributed by atoms with Crippen molar-refractivity contribution in [2.45, 2.75) is 23.1 Å². The van der Waals surface area contributed by atoms with Crippen LogP contribution >= 0.6 is 15.9 Å². The second-order valence-corrected chi connectivity index (χ2v) is 7.59. The van der Waals surface area contributed by atoms with Gasteiger partial charge in [0.15, 0.2) is 0 Å². The third-order valence-corrected chi connectivity index (χ3v) is 4.71. The number of nitrogens with zero attached hydrogens (tertiary/aromatic N) is 1. The van der Waals surface area contributed by atoms with Crippen molar-refractivity contribution in [2.75, 3.05) is 6.54 Å². The van der Waals surface area contributed by atoms with E-state index in [0.29, 0.717) is 17.4 Å². The molecule has 1 unspecified atom stereocenters. The minimum Gasteiger partial charge on any atom is -0.256 e. The van der Waals surface area contributed by atoms with Crippen LogP contribution in [0.25, 0.3) is 10.9 Å². The summed E-state index contributed by atoms with van der Waals surface area (Å²) in [6.45, 7) is 2.39. The number of nitrogens with one attached hydrogen (secondary N) is 1. The number of fused-ring (bicyclic) bond motifs is 1. The SMILES string of the molecule is CC(Br)CCNS(=O)(=O)c1cccc2ncccc12. The van der Waals surface area contributed by atoms with E-state index in [0.717, 1.165) is 6.42 Å². The van der Waals surface area contributed by atoms with E-state index in [1.165, 1.54) is 0 Å². The van der Waals surface area contributed by atoms with Crippen molar-refractivity contribution < 1.29 is 8.42 Å². The monoisotopic (exact) mass is 342 g/mol. The molecule has 0 saturated carbocycles. The number of hydrogen-bond acceptors (Lipinski definition) is 3. The van der Waals surface area contributed by atoms with Gasteiger partial charge in [-0.15, -0.1) is 0 Å². The normalized spacial score (nSPS) is 13.6. The molecule has 0 aliphatic rings. The van der Waals surface area contributed by atoms with Gasteiger partial charge in [-0.25, -0.2) is 13.1 Å². The Morgan fingerprint density at radius 2 is 2.11 bits per heavy atom. The Balaban J connectivity index is 2.33. The molecule has 0 aliphatic carbocycles. The lowest BCUT2D eigenvalue weighted by Crippen LogP contribution is -2.26. The number of sulfonamides is 1. The van der Waals surface area contributed by atoms with Crippen LogP contribution in [0.3, 0.4) is 0 Å². The van der Waals surface area contributed by atoms with Gasteiger partial charge in [0.05, 0.1) is 10.4 Å². The Hall–Kier alpha value is -0.980. The standard InChI is InChI=1S/C13H15BrN2O2S/c1-10(14)7-9-16-19(17,18)13-6-2-5-12-11(13)4-3-8-15-12/h2-6,8,10,16H,7,9H2,1H3. The number of benzene rings is 1. The fraction of sp³-hybridized carbons (Fsp3) is 0.308. The average molecular weight is 343 g/mol. The molecule has 0 saturated heterocycles. The van der Waals surface area contributed by atoms with Crippen LogP contribution in [0.1, 0.15) is 13.3 Å². The van der Waals surface area contributed by atoms with Crippen LogP contribution in [0.15, 0.2) is 41.4 Å². The fourth-order valence-electron chi connectivity index (χ4n) is 1.78. The quantitative estimate of drug-likeness (QED) is 0.850. The summed E-state index contributed by atoms with van der Waals surface area (Å²) in [4.78, 5) is 4.72. The lowest BCUT2D eigenvalue weighted by molar-refractivity contribution is 0.580. The zero-order chi connectivity index (χ0) is 13.9. The summed E-state index contributed by atoms with van der Waals surface area (Å²) in [5.74, 6) is 0. The Morgan fingerprint density at radius 1 is 1.32 bits per heavy atom. The van der Waals surface area contributed by atoms with Crippen LogP contribution in [0.4, 0.5) is 0 Å². The smallest absolute Gasteiger partial charge is 0.241 e. The molecule has 19 heavy (non-hydrogen) atoms. The molecule has 4 nitrogen and oxygen atoms in total. The molecule has 2 rings (SSSR count). The molecule has 1 aromatic carbocycles. The lowest BCUT2D eigenvalue weighted by Gasteiger charge is -2.09. The van der Waals surface area contributed by atoms with Gasteiger partial charge < -0.3 is 0 Å². The Kier molecular flexibility index (Phi) is 4.54. The summed E-state index contributed by atoms with van der Waals surface area (Å²) in [7, 11) is -3.49. The molecule has 0 bridgehead atoms. The molecule has 2 aromatic rings. The van der Waals surface area contributed by atoms with Crippen molar-refractivity contribution in [1.29, 1.82) is 0 Å². The van der Waals surface area contributed by atoms with E-state index in [1.807, 2.05) is 6.92 Å². The minimum atomic E-state index is -3.49. The molecule has 0 aliphatic heterocycles. The molecule has 1 aromatic heterocycles. The van der Waals surface area contributed by atoms with E-state index >= 15 is 0 Å².